The third-order valence-electron chi connectivity index (χ3n) is 3.93. The molecule has 0 unspecified atom stereocenters. The van der Waals surface area contributed by atoms with E-state index in [4.69, 9.17) is 0 Å². The molecule has 1 amide bonds. The van der Waals surface area contributed by atoms with Crippen molar-refractivity contribution < 1.29 is 4.79 Å². The molecule has 0 fully saturated rings. The summed E-state index contributed by atoms with van der Waals surface area (Å²) in [7, 11) is 0. The average molecular weight is 353 g/mol. The molecule has 0 radical (unpaired) electrons. The van der Waals surface area contributed by atoms with Crippen LogP contribution in [0.25, 0.3) is 11.0 Å². The summed E-state index contributed by atoms with van der Waals surface area (Å²) in [5.74, 6) is 0.385. The Morgan fingerprint density at radius 1 is 1.16 bits per heavy atom. The zero-order chi connectivity index (χ0) is 18.0. The smallest absolute Gasteiger partial charge is 0.271 e. The maximum atomic E-state index is 12.2. The van der Waals surface area contributed by atoms with Crippen LogP contribution in [-0.2, 0) is 10.5 Å². The molecule has 5 nitrogen and oxygen atoms in total. The van der Waals surface area contributed by atoms with E-state index in [2.05, 4.69) is 15.3 Å². The van der Waals surface area contributed by atoms with E-state index >= 15 is 0 Å². The van der Waals surface area contributed by atoms with Gasteiger partial charge in [-0.3, -0.25) is 9.59 Å². The zero-order valence-corrected chi connectivity index (χ0v) is 15.2. The van der Waals surface area contributed by atoms with Crippen LogP contribution in [0.4, 0.5) is 5.69 Å². The Kier molecular flexibility index (Phi) is 4.90. The fourth-order valence-electron chi connectivity index (χ4n) is 2.47. The second-order valence-electron chi connectivity index (χ2n) is 5.96. The van der Waals surface area contributed by atoms with Crippen LogP contribution in [0.15, 0.2) is 46.1 Å². The van der Waals surface area contributed by atoms with E-state index in [1.807, 2.05) is 50.2 Å². The zero-order valence-electron chi connectivity index (χ0n) is 14.3. The van der Waals surface area contributed by atoms with Crippen molar-refractivity contribution in [1.82, 2.24) is 9.97 Å². The Morgan fingerprint density at radius 2 is 1.84 bits per heavy atom. The minimum Gasteiger partial charge on any atom is -0.326 e. The van der Waals surface area contributed by atoms with E-state index in [0.717, 1.165) is 32.7 Å². The number of rotatable bonds is 4. The number of hydrogen-bond donors (Lipinski definition) is 2. The van der Waals surface area contributed by atoms with Crippen molar-refractivity contribution in [2.24, 2.45) is 0 Å². The first-order valence-corrected chi connectivity index (χ1v) is 8.91. The number of carbonyl (C=O) groups excluding carboxylic acids is 1. The van der Waals surface area contributed by atoms with Crippen LogP contribution in [-0.4, -0.2) is 15.9 Å². The quantitative estimate of drug-likeness (QED) is 0.700. The number of aryl methyl sites for hydroxylation is 2. The van der Waals surface area contributed by atoms with E-state index in [1.165, 1.54) is 18.7 Å². The molecule has 2 N–H and O–H groups in total. The van der Waals surface area contributed by atoms with Crippen molar-refractivity contribution in [2.45, 2.75) is 31.4 Å². The Bertz CT molecular complexity index is 994. The minimum atomic E-state index is -0.155. The van der Waals surface area contributed by atoms with Crippen LogP contribution >= 0.6 is 11.8 Å². The van der Waals surface area contributed by atoms with Crippen LogP contribution in [0, 0.1) is 13.8 Å². The van der Waals surface area contributed by atoms with Crippen molar-refractivity contribution in [1.29, 1.82) is 0 Å². The van der Waals surface area contributed by atoms with Gasteiger partial charge in [0, 0.05) is 23.3 Å². The Labute approximate surface area is 149 Å². The summed E-state index contributed by atoms with van der Waals surface area (Å²) in [6, 6.07) is 11.5. The van der Waals surface area contributed by atoms with E-state index in [-0.39, 0.29) is 11.5 Å². The first-order chi connectivity index (χ1) is 11.9. The van der Waals surface area contributed by atoms with Gasteiger partial charge in [-0.2, -0.15) is 0 Å². The van der Waals surface area contributed by atoms with Gasteiger partial charge in [0.2, 0.25) is 5.91 Å². The third-order valence-corrected chi connectivity index (χ3v) is 4.95. The van der Waals surface area contributed by atoms with Gasteiger partial charge in [-0.05, 0) is 61.4 Å². The van der Waals surface area contributed by atoms with E-state index in [0.29, 0.717) is 11.4 Å². The van der Waals surface area contributed by atoms with Gasteiger partial charge in [0.1, 0.15) is 5.69 Å². The molecule has 0 spiro atoms. The Morgan fingerprint density at radius 3 is 2.52 bits per heavy atom. The molecule has 0 aliphatic rings. The van der Waals surface area contributed by atoms with Gasteiger partial charge < -0.3 is 10.3 Å². The second-order valence-corrected chi connectivity index (χ2v) is 7.01. The van der Waals surface area contributed by atoms with Crippen molar-refractivity contribution >= 4 is 34.4 Å². The predicted octanol–water partition coefficient (Wildman–Crippen LogP) is 3.79. The molecule has 6 heteroatoms. The maximum absolute atomic E-state index is 12.2. The summed E-state index contributed by atoms with van der Waals surface area (Å²) in [5.41, 5.74) is 4.96. The average Bonchev–Trinajstić information content (AvgIpc) is 2.55. The highest BCUT2D eigenvalue weighted by Gasteiger charge is 2.07. The minimum absolute atomic E-state index is 0.0992. The van der Waals surface area contributed by atoms with E-state index < -0.39 is 0 Å². The van der Waals surface area contributed by atoms with Crippen LogP contribution in [0.2, 0.25) is 0 Å². The highest BCUT2D eigenvalue weighted by Crippen LogP contribution is 2.23. The lowest BCUT2D eigenvalue weighted by atomic mass is 10.1. The number of fused-ring (bicyclic) bond motifs is 1. The summed E-state index contributed by atoms with van der Waals surface area (Å²) < 4.78 is 0. The molecule has 0 bridgehead atoms. The van der Waals surface area contributed by atoms with E-state index in [1.54, 1.807) is 0 Å². The first kappa shape index (κ1) is 17.2. The Hall–Kier alpha value is -2.60. The molecule has 1 heterocycles. The van der Waals surface area contributed by atoms with Crippen LogP contribution in [0.5, 0.6) is 0 Å². The second kappa shape index (κ2) is 7.11. The molecule has 1 aromatic heterocycles. The fraction of sp³-hybridized carbons (Fsp3) is 0.211. The highest BCUT2D eigenvalue weighted by molar-refractivity contribution is 7.98. The number of H-pyrrole nitrogens is 1. The van der Waals surface area contributed by atoms with Crippen LogP contribution in [0.3, 0.4) is 0 Å². The van der Waals surface area contributed by atoms with Crippen molar-refractivity contribution in [3.63, 3.8) is 0 Å². The summed E-state index contributed by atoms with van der Waals surface area (Å²) in [6.45, 7) is 5.53. The lowest BCUT2D eigenvalue weighted by Crippen LogP contribution is -2.14. The summed E-state index contributed by atoms with van der Waals surface area (Å²) in [6.07, 6.45) is 0. The molecular weight excluding hydrogens is 334 g/mol. The van der Waals surface area contributed by atoms with E-state index in [9.17, 15) is 9.59 Å². The van der Waals surface area contributed by atoms with Crippen molar-refractivity contribution in [3.05, 3.63) is 63.6 Å². The van der Waals surface area contributed by atoms with Gasteiger partial charge >= 0.3 is 0 Å². The standard InChI is InChI=1S/C19H19N3O2S/c1-11-8-16-17(9-12(11)2)22-19(24)18(21-16)10-25-15-6-4-14(5-7-15)20-13(3)23/h4-9H,10H2,1-3H3,(H,20,23)(H,22,24). The first-order valence-electron chi connectivity index (χ1n) is 7.93. The lowest BCUT2D eigenvalue weighted by molar-refractivity contribution is -0.114. The predicted molar refractivity (Wildman–Crippen MR) is 102 cm³/mol. The number of benzene rings is 2. The summed E-state index contributed by atoms with van der Waals surface area (Å²) in [4.78, 5) is 31.7. The number of amides is 1. The van der Waals surface area contributed by atoms with Crippen LogP contribution < -0.4 is 10.9 Å². The number of anilines is 1. The van der Waals surface area contributed by atoms with Gasteiger partial charge in [0.15, 0.2) is 0 Å². The molecule has 0 saturated carbocycles. The van der Waals surface area contributed by atoms with Gasteiger partial charge in [0.25, 0.3) is 5.56 Å². The number of nitrogens with zero attached hydrogens (tertiary/aromatic N) is 1. The maximum Gasteiger partial charge on any atom is 0.271 e. The van der Waals surface area contributed by atoms with Crippen molar-refractivity contribution in [2.75, 3.05) is 5.32 Å². The highest BCUT2D eigenvalue weighted by atomic mass is 32.2. The number of thioether (sulfide) groups is 1. The SMILES string of the molecule is CC(=O)Nc1ccc(SCc2nc3cc(C)c(C)cc3[nH]c2=O)cc1. The Balaban J connectivity index is 1.78. The normalized spacial score (nSPS) is 10.8. The molecule has 128 valence electrons. The molecule has 3 rings (SSSR count). The molecule has 0 saturated heterocycles. The fourth-order valence-corrected chi connectivity index (χ4v) is 3.30. The largest absolute Gasteiger partial charge is 0.326 e. The molecule has 3 aromatic rings. The van der Waals surface area contributed by atoms with Gasteiger partial charge in [-0.15, -0.1) is 11.8 Å². The molecule has 0 aliphatic heterocycles. The summed E-state index contributed by atoms with van der Waals surface area (Å²) in [5, 5.41) is 2.73. The number of hydrogen-bond acceptors (Lipinski definition) is 4. The van der Waals surface area contributed by atoms with Crippen molar-refractivity contribution in [3.8, 4) is 0 Å². The number of carbonyl (C=O) groups is 1. The van der Waals surface area contributed by atoms with Gasteiger partial charge in [0.05, 0.1) is 11.0 Å². The molecule has 25 heavy (non-hydrogen) atoms. The van der Waals surface area contributed by atoms with Gasteiger partial charge in [-0.1, -0.05) is 0 Å². The lowest BCUT2D eigenvalue weighted by Gasteiger charge is -2.07. The van der Waals surface area contributed by atoms with Crippen LogP contribution in [0.1, 0.15) is 23.7 Å². The monoisotopic (exact) mass is 353 g/mol. The number of aromatic amines is 1. The molecule has 0 atom stereocenters. The van der Waals surface area contributed by atoms with Gasteiger partial charge in [-0.25, -0.2) is 4.98 Å². The summed E-state index contributed by atoms with van der Waals surface area (Å²) >= 11 is 1.54. The topological polar surface area (TPSA) is 74.8 Å². The molecular formula is C19H19N3O2S. The number of aromatic nitrogens is 2. The number of nitrogens with one attached hydrogen (secondary N) is 2. The molecule has 2 aromatic carbocycles. The third kappa shape index (κ3) is 4.09. The molecule has 0 aliphatic carbocycles.